The number of hydrogen-bond acceptors (Lipinski definition) is 5. The Hall–Kier alpha value is -2.14. The van der Waals surface area contributed by atoms with Crippen LogP contribution in [-0.2, 0) is 24.8 Å². The lowest BCUT2D eigenvalue weighted by molar-refractivity contribution is 0.137. The minimum absolute atomic E-state index is 0.209. The average Bonchev–Trinajstić information content (AvgIpc) is 3.27. The van der Waals surface area contributed by atoms with Gasteiger partial charge in [-0.25, -0.2) is 9.97 Å². The Labute approximate surface area is 161 Å². The van der Waals surface area contributed by atoms with Gasteiger partial charge in [-0.3, -0.25) is 4.90 Å². The molecule has 3 aliphatic rings. The first-order valence-electron chi connectivity index (χ1n) is 10.1. The van der Waals surface area contributed by atoms with Crippen LogP contribution in [0.4, 0.5) is 5.95 Å². The van der Waals surface area contributed by atoms with Gasteiger partial charge >= 0.3 is 0 Å². The van der Waals surface area contributed by atoms with Crippen LogP contribution in [0.25, 0.3) is 0 Å². The molecule has 1 aromatic carbocycles. The maximum absolute atomic E-state index is 5.66. The lowest BCUT2D eigenvalue weighted by atomic mass is 9.77. The molecule has 0 saturated carbocycles. The van der Waals surface area contributed by atoms with Gasteiger partial charge in [-0.1, -0.05) is 12.1 Å². The van der Waals surface area contributed by atoms with Crippen LogP contribution in [-0.4, -0.2) is 48.7 Å². The number of ether oxygens (including phenoxy) is 1. The first-order valence-corrected chi connectivity index (χ1v) is 10.1. The highest BCUT2D eigenvalue weighted by Crippen LogP contribution is 2.44. The van der Waals surface area contributed by atoms with Crippen molar-refractivity contribution in [1.82, 2.24) is 14.9 Å². The van der Waals surface area contributed by atoms with E-state index in [9.17, 15) is 0 Å². The Morgan fingerprint density at radius 3 is 3.00 bits per heavy atom. The quantitative estimate of drug-likeness (QED) is 0.838. The van der Waals surface area contributed by atoms with Gasteiger partial charge in [0.25, 0.3) is 0 Å². The molecule has 5 heteroatoms. The van der Waals surface area contributed by atoms with E-state index < -0.39 is 0 Å². The fourth-order valence-electron chi connectivity index (χ4n) is 5.10. The van der Waals surface area contributed by atoms with Crippen LogP contribution >= 0.6 is 0 Å². The topological polar surface area (TPSA) is 41.5 Å². The molecule has 2 aliphatic heterocycles. The van der Waals surface area contributed by atoms with Crippen LogP contribution in [0, 0.1) is 0 Å². The summed E-state index contributed by atoms with van der Waals surface area (Å²) in [5.41, 5.74) is 5.66. The maximum Gasteiger partial charge on any atom is 0.225 e. The van der Waals surface area contributed by atoms with Gasteiger partial charge in [0.05, 0.1) is 12.3 Å². The van der Waals surface area contributed by atoms with Crippen LogP contribution in [0.2, 0.25) is 0 Å². The van der Waals surface area contributed by atoms with E-state index in [-0.39, 0.29) is 5.41 Å². The zero-order chi connectivity index (χ0) is 18.4. The summed E-state index contributed by atoms with van der Waals surface area (Å²) in [5.74, 6) is 1.91. The number of piperidine rings is 1. The van der Waals surface area contributed by atoms with E-state index >= 15 is 0 Å². The monoisotopic (exact) mass is 364 g/mol. The van der Waals surface area contributed by atoms with E-state index in [1.165, 1.54) is 48.2 Å². The number of nitrogens with zero attached hydrogens (tertiary/aromatic N) is 4. The van der Waals surface area contributed by atoms with Crippen LogP contribution in [0.5, 0.6) is 5.75 Å². The number of anilines is 1. The minimum atomic E-state index is 0.209. The van der Waals surface area contributed by atoms with Crippen LogP contribution in [0.1, 0.15) is 41.6 Å². The summed E-state index contributed by atoms with van der Waals surface area (Å²) in [5, 5.41) is 0. The summed E-state index contributed by atoms with van der Waals surface area (Å²) in [6.07, 6.45) is 7.93. The van der Waals surface area contributed by atoms with Gasteiger partial charge in [0, 0.05) is 45.2 Å². The van der Waals surface area contributed by atoms with Gasteiger partial charge in [-0.15, -0.1) is 0 Å². The summed E-state index contributed by atoms with van der Waals surface area (Å²) in [4.78, 5) is 14.2. The molecule has 5 rings (SSSR count). The molecule has 0 amide bonds. The molecule has 1 fully saturated rings. The van der Waals surface area contributed by atoms with Crippen LogP contribution in [0.3, 0.4) is 0 Å². The second-order valence-corrected chi connectivity index (χ2v) is 8.57. The lowest BCUT2D eigenvalue weighted by Crippen LogP contribution is -2.45. The third-order valence-electron chi connectivity index (χ3n) is 6.44. The van der Waals surface area contributed by atoms with Gasteiger partial charge in [-0.2, -0.15) is 0 Å². The molecule has 1 aromatic heterocycles. The van der Waals surface area contributed by atoms with Crippen molar-refractivity contribution in [3.05, 3.63) is 46.8 Å². The first kappa shape index (κ1) is 17.0. The highest BCUT2D eigenvalue weighted by atomic mass is 16.5. The van der Waals surface area contributed by atoms with Gasteiger partial charge in [0.2, 0.25) is 5.95 Å². The molecule has 0 radical (unpaired) electrons. The molecule has 0 bridgehead atoms. The first-order chi connectivity index (χ1) is 13.1. The summed E-state index contributed by atoms with van der Waals surface area (Å²) < 4.78 is 5.66. The van der Waals surface area contributed by atoms with Gasteiger partial charge in [0.1, 0.15) is 5.75 Å². The molecule has 1 unspecified atom stereocenters. The molecule has 1 spiro atoms. The smallest absolute Gasteiger partial charge is 0.225 e. The largest absolute Gasteiger partial charge is 0.493 e. The summed E-state index contributed by atoms with van der Waals surface area (Å²) in [6.45, 7) is 4.14. The van der Waals surface area contributed by atoms with E-state index in [0.717, 1.165) is 44.2 Å². The number of benzene rings is 1. The second kappa shape index (κ2) is 6.48. The number of fused-ring (bicyclic) bond motifs is 3. The molecule has 1 aliphatic carbocycles. The molecular weight excluding hydrogens is 336 g/mol. The second-order valence-electron chi connectivity index (χ2n) is 8.57. The molecule has 3 heterocycles. The van der Waals surface area contributed by atoms with Gasteiger partial charge < -0.3 is 9.64 Å². The third kappa shape index (κ3) is 2.98. The normalized spacial score (nSPS) is 23.9. The van der Waals surface area contributed by atoms with Crippen molar-refractivity contribution in [2.24, 2.45) is 0 Å². The summed E-state index contributed by atoms with van der Waals surface area (Å²) in [7, 11) is 4.04. The maximum atomic E-state index is 5.66. The molecule has 1 atom stereocenters. The fourth-order valence-corrected chi connectivity index (χ4v) is 5.10. The number of aryl methyl sites for hydroxylation is 1. The highest BCUT2D eigenvalue weighted by molar-refractivity contribution is 5.41. The number of hydrogen-bond donors (Lipinski definition) is 0. The van der Waals surface area contributed by atoms with Crippen molar-refractivity contribution in [3.8, 4) is 5.75 Å². The van der Waals surface area contributed by atoms with E-state index in [1.54, 1.807) is 0 Å². The fraction of sp³-hybridized carbons (Fsp3) is 0.545. The minimum Gasteiger partial charge on any atom is -0.493 e. The van der Waals surface area contributed by atoms with Crippen molar-refractivity contribution in [2.45, 2.75) is 44.1 Å². The lowest BCUT2D eigenvalue weighted by Gasteiger charge is -2.40. The van der Waals surface area contributed by atoms with Gasteiger partial charge in [-0.05, 0) is 55.0 Å². The predicted molar refractivity (Wildman–Crippen MR) is 107 cm³/mol. The zero-order valence-corrected chi connectivity index (χ0v) is 16.4. The predicted octanol–water partition coefficient (Wildman–Crippen LogP) is 2.96. The Balaban J connectivity index is 1.38. The van der Waals surface area contributed by atoms with Crippen LogP contribution < -0.4 is 9.64 Å². The van der Waals surface area contributed by atoms with Crippen molar-refractivity contribution in [3.63, 3.8) is 0 Å². The van der Waals surface area contributed by atoms with Crippen molar-refractivity contribution < 1.29 is 4.74 Å². The number of aromatic nitrogens is 2. The van der Waals surface area contributed by atoms with E-state index in [2.05, 4.69) is 34.3 Å². The molecule has 1 saturated heterocycles. The Morgan fingerprint density at radius 1 is 1.19 bits per heavy atom. The SMILES string of the molecule is CN(C)c1ncc2c(n1)C1(CCCN(Cc3ccc4c(c3)CCO4)C1)CC2. The van der Waals surface area contributed by atoms with E-state index in [1.807, 2.05) is 19.0 Å². The summed E-state index contributed by atoms with van der Waals surface area (Å²) in [6, 6.07) is 6.73. The molecule has 2 aromatic rings. The zero-order valence-electron chi connectivity index (χ0n) is 16.4. The standard InChI is InChI=1S/C22H28N4O/c1-25(2)21-23-13-18-6-9-22(20(18)24-21)8-3-10-26(15-22)14-16-4-5-19-17(12-16)7-11-27-19/h4-5,12-13H,3,6-11,14-15H2,1-2H3. The van der Waals surface area contributed by atoms with E-state index in [0.29, 0.717) is 0 Å². The Bertz CT molecular complexity index is 861. The molecule has 0 N–H and O–H groups in total. The van der Waals surface area contributed by atoms with E-state index in [4.69, 9.17) is 9.72 Å². The highest BCUT2D eigenvalue weighted by Gasteiger charge is 2.43. The molecule has 27 heavy (non-hydrogen) atoms. The van der Waals surface area contributed by atoms with Crippen LogP contribution in [0.15, 0.2) is 24.4 Å². The third-order valence-corrected chi connectivity index (χ3v) is 6.44. The number of rotatable bonds is 3. The van der Waals surface area contributed by atoms with Crippen molar-refractivity contribution in [2.75, 3.05) is 38.7 Å². The van der Waals surface area contributed by atoms with Crippen molar-refractivity contribution in [1.29, 1.82) is 0 Å². The molecule has 142 valence electrons. The Morgan fingerprint density at radius 2 is 2.11 bits per heavy atom. The molecule has 5 nitrogen and oxygen atoms in total. The number of likely N-dealkylation sites (tertiary alicyclic amines) is 1. The van der Waals surface area contributed by atoms with Crippen molar-refractivity contribution >= 4 is 5.95 Å². The Kier molecular flexibility index (Phi) is 4.08. The average molecular weight is 364 g/mol. The molecular formula is C22H28N4O. The summed E-state index contributed by atoms with van der Waals surface area (Å²) >= 11 is 0. The van der Waals surface area contributed by atoms with Gasteiger partial charge in [0.15, 0.2) is 0 Å².